The molecule has 1 N–H and O–H groups in total. The van der Waals surface area contributed by atoms with Crippen LogP contribution in [0.5, 0.6) is 0 Å². The van der Waals surface area contributed by atoms with Crippen molar-refractivity contribution in [1.82, 2.24) is 20.3 Å². The molecule has 5 nitrogen and oxygen atoms in total. The Hall–Kier alpha value is -1.34. The van der Waals surface area contributed by atoms with E-state index in [0.717, 1.165) is 59.2 Å². The molecule has 0 radical (unpaired) electrons. The van der Waals surface area contributed by atoms with E-state index in [2.05, 4.69) is 27.8 Å². The van der Waals surface area contributed by atoms with Gasteiger partial charge in [0.2, 0.25) is 0 Å². The molecule has 1 fully saturated rings. The number of nitrogens with one attached hydrogen (secondary N) is 1. The molecule has 2 aromatic rings. The van der Waals surface area contributed by atoms with Crippen LogP contribution in [0.15, 0.2) is 6.33 Å². The second-order valence-electron chi connectivity index (χ2n) is 5.05. The third-order valence-corrected chi connectivity index (χ3v) is 4.60. The maximum atomic E-state index is 5.37. The van der Waals surface area contributed by atoms with Crippen molar-refractivity contribution in [3.63, 3.8) is 0 Å². The van der Waals surface area contributed by atoms with Gasteiger partial charge in [0.25, 0.3) is 0 Å². The predicted molar refractivity (Wildman–Crippen MR) is 82.8 cm³/mol. The van der Waals surface area contributed by atoms with E-state index in [1.54, 1.807) is 17.7 Å². The standard InChI is InChI=1S/C13H17BN4OS/c1-8-10-12(17-7-16-8)20-13(18-10)11(14)15-6-9-2-4-19-5-3-9/h7,9,14-15H,2-6H2,1H3. The van der Waals surface area contributed by atoms with Gasteiger partial charge in [0.15, 0.2) is 0 Å². The number of hydrogen-bond donors (Lipinski definition) is 1. The molecular weight excluding hydrogens is 271 g/mol. The molecule has 7 heteroatoms. The number of hydrogen-bond acceptors (Lipinski definition) is 6. The number of thiazole rings is 1. The van der Waals surface area contributed by atoms with Crippen molar-refractivity contribution in [2.45, 2.75) is 19.8 Å². The summed E-state index contributed by atoms with van der Waals surface area (Å²) in [6.07, 6.45) is 3.81. The van der Waals surface area contributed by atoms with Gasteiger partial charge in [-0.2, -0.15) is 0 Å². The second-order valence-corrected chi connectivity index (χ2v) is 6.02. The van der Waals surface area contributed by atoms with Crippen LogP contribution in [0.25, 0.3) is 10.3 Å². The van der Waals surface area contributed by atoms with Gasteiger partial charge in [0.1, 0.15) is 0 Å². The van der Waals surface area contributed by atoms with Gasteiger partial charge in [-0.05, 0) is 0 Å². The maximum absolute atomic E-state index is 5.37. The summed E-state index contributed by atoms with van der Waals surface area (Å²) in [6.45, 7) is 4.62. The molecule has 0 aromatic carbocycles. The molecule has 0 saturated carbocycles. The van der Waals surface area contributed by atoms with Crippen molar-refractivity contribution in [3.8, 4) is 0 Å². The van der Waals surface area contributed by atoms with E-state index in [1.807, 2.05) is 6.92 Å². The van der Waals surface area contributed by atoms with Gasteiger partial charge in [-0.25, -0.2) is 0 Å². The first kappa shape index (κ1) is 13.6. The van der Waals surface area contributed by atoms with Crippen molar-refractivity contribution < 1.29 is 4.74 Å². The summed E-state index contributed by atoms with van der Waals surface area (Å²) < 4.78 is 5.37. The van der Waals surface area contributed by atoms with E-state index in [-0.39, 0.29) is 0 Å². The van der Waals surface area contributed by atoms with Crippen molar-refractivity contribution >= 4 is 34.8 Å². The zero-order chi connectivity index (χ0) is 13.9. The second kappa shape index (κ2) is 5.97. The summed E-state index contributed by atoms with van der Waals surface area (Å²) in [5.74, 6) is 0.663. The normalized spacial score (nSPS) is 16.4. The average Bonchev–Trinajstić information content (AvgIpc) is 2.91. The van der Waals surface area contributed by atoms with Crippen LogP contribution in [0, 0.1) is 12.8 Å². The van der Waals surface area contributed by atoms with Crippen molar-refractivity contribution in [2.24, 2.45) is 5.92 Å². The molecule has 1 aliphatic heterocycles. The molecular formula is C13H17BN4OS. The monoisotopic (exact) mass is 288 g/mol. The van der Waals surface area contributed by atoms with Gasteiger partial charge < -0.3 is 0 Å². The molecule has 0 aliphatic carbocycles. The van der Waals surface area contributed by atoms with Crippen LogP contribution in [-0.2, 0) is 4.74 Å². The minimum absolute atomic E-state index is 0.663. The number of rotatable bonds is 4. The Labute approximate surface area is 122 Å². The fraction of sp³-hybridized carbons (Fsp3) is 0.538. The predicted octanol–water partition coefficient (Wildman–Crippen LogP) is 0.790. The van der Waals surface area contributed by atoms with Gasteiger partial charge in [-0.3, -0.25) is 0 Å². The molecule has 0 amide bonds. The molecule has 2 aromatic heterocycles. The number of ether oxygens (including phenoxy) is 1. The van der Waals surface area contributed by atoms with Crippen molar-refractivity contribution in [2.75, 3.05) is 19.8 Å². The Morgan fingerprint density at radius 3 is 3.00 bits per heavy atom. The molecule has 20 heavy (non-hydrogen) atoms. The van der Waals surface area contributed by atoms with Crippen molar-refractivity contribution in [3.05, 3.63) is 17.0 Å². The van der Waals surface area contributed by atoms with Crippen LogP contribution in [0.1, 0.15) is 23.5 Å². The van der Waals surface area contributed by atoms with Gasteiger partial charge in [-0.1, -0.05) is 0 Å². The zero-order valence-electron chi connectivity index (χ0n) is 11.6. The fourth-order valence-corrected chi connectivity index (χ4v) is 3.19. The van der Waals surface area contributed by atoms with E-state index < -0.39 is 0 Å². The molecule has 3 heterocycles. The van der Waals surface area contributed by atoms with Crippen LogP contribution < -0.4 is 5.32 Å². The molecule has 1 saturated heterocycles. The minimum atomic E-state index is 0.663. The topological polar surface area (TPSA) is 59.9 Å². The summed E-state index contributed by atoms with van der Waals surface area (Å²) in [5.41, 5.74) is 2.66. The number of aryl methyl sites for hydroxylation is 1. The third-order valence-electron chi connectivity index (χ3n) is 3.58. The zero-order valence-corrected chi connectivity index (χ0v) is 12.4. The molecule has 3 rings (SSSR count). The molecule has 104 valence electrons. The van der Waals surface area contributed by atoms with E-state index >= 15 is 0 Å². The van der Waals surface area contributed by atoms with Crippen LogP contribution in [0.2, 0.25) is 0 Å². The Morgan fingerprint density at radius 1 is 1.45 bits per heavy atom. The quantitative estimate of drug-likeness (QED) is 0.843. The molecule has 0 atom stereocenters. The Morgan fingerprint density at radius 2 is 2.25 bits per heavy atom. The van der Waals surface area contributed by atoms with Gasteiger partial charge in [0, 0.05) is 0 Å². The molecule has 0 bridgehead atoms. The van der Waals surface area contributed by atoms with Crippen LogP contribution in [0.4, 0.5) is 0 Å². The van der Waals surface area contributed by atoms with E-state index in [1.165, 1.54) is 0 Å². The van der Waals surface area contributed by atoms with E-state index in [0.29, 0.717) is 5.92 Å². The number of nitrogens with zero attached hydrogens (tertiary/aromatic N) is 3. The number of fused-ring (bicyclic) bond motifs is 1. The van der Waals surface area contributed by atoms with Gasteiger partial charge >= 0.3 is 122 Å². The Bertz CT molecular complexity index is 624. The van der Waals surface area contributed by atoms with Crippen LogP contribution >= 0.6 is 11.3 Å². The first-order chi connectivity index (χ1) is 9.74. The van der Waals surface area contributed by atoms with Crippen molar-refractivity contribution in [1.29, 1.82) is 0 Å². The average molecular weight is 288 g/mol. The van der Waals surface area contributed by atoms with Crippen LogP contribution in [0.3, 0.4) is 0 Å². The molecule has 0 spiro atoms. The summed E-state index contributed by atoms with van der Waals surface area (Å²) in [7, 11) is 4.09. The van der Waals surface area contributed by atoms with Gasteiger partial charge in [-0.15, -0.1) is 0 Å². The SMILES string of the molecule is B=C(NCC1CCOCC1)c1nc2c(C)ncnc2s1. The Balaban J connectivity index is 1.67. The molecule has 0 unspecified atom stereocenters. The summed E-state index contributed by atoms with van der Waals surface area (Å²) in [4.78, 5) is 13.9. The van der Waals surface area contributed by atoms with E-state index in [4.69, 9.17) is 4.74 Å². The summed E-state index contributed by atoms with van der Waals surface area (Å²) in [5, 5.41) is 4.30. The van der Waals surface area contributed by atoms with E-state index in [9.17, 15) is 0 Å². The van der Waals surface area contributed by atoms with Crippen LogP contribution in [-0.4, -0.2) is 47.8 Å². The summed E-state index contributed by atoms with van der Waals surface area (Å²) in [6, 6.07) is 0. The third kappa shape index (κ3) is 2.88. The molecule has 1 aliphatic rings. The number of aromatic nitrogens is 3. The first-order valence-electron chi connectivity index (χ1n) is 6.83. The summed E-state index contributed by atoms with van der Waals surface area (Å²) >= 11 is 1.56. The Kier molecular flexibility index (Phi) is 4.07. The first-order valence-corrected chi connectivity index (χ1v) is 7.64. The fourth-order valence-electron chi connectivity index (χ4n) is 2.29. The van der Waals surface area contributed by atoms with Gasteiger partial charge in [0.05, 0.1) is 0 Å².